The van der Waals surface area contributed by atoms with E-state index >= 15 is 0 Å². The number of benzene rings is 1. The molecule has 0 saturated carbocycles. The van der Waals surface area contributed by atoms with Gasteiger partial charge in [0.25, 0.3) is 0 Å². The van der Waals surface area contributed by atoms with Gasteiger partial charge in [-0.15, -0.1) is 12.4 Å². The zero-order valence-corrected chi connectivity index (χ0v) is 13.9. The number of amides is 1. The van der Waals surface area contributed by atoms with Crippen molar-refractivity contribution in [3.8, 4) is 0 Å². The summed E-state index contributed by atoms with van der Waals surface area (Å²) in [6, 6.07) is 8.74. The molecule has 1 aliphatic rings. The summed E-state index contributed by atoms with van der Waals surface area (Å²) < 4.78 is 0. The van der Waals surface area contributed by atoms with Crippen molar-refractivity contribution in [1.82, 2.24) is 10.2 Å². The number of aryl methyl sites for hydroxylation is 2. The van der Waals surface area contributed by atoms with Crippen molar-refractivity contribution >= 4 is 18.3 Å². The molecular formula is C17H27ClN2O. The van der Waals surface area contributed by atoms with Gasteiger partial charge in [-0.25, -0.2) is 0 Å². The Hall–Kier alpha value is -1.06. The molecule has 2 rings (SSSR count). The molecule has 0 spiro atoms. The number of nitrogens with one attached hydrogen (secondary N) is 1. The number of hydrogen-bond donors (Lipinski definition) is 1. The van der Waals surface area contributed by atoms with E-state index in [1.54, 1.807) is 0 Å². The smallest absolute Gasteiger partial charge is 0.222 e. The summed E-state index contributed by atoms with van der Waals surface area (Å²) in [4.78, 5) is 14.3. The lowest BCUT2D eigenvalue weighted by Crippen LogP contribution is -2.37. The Bertz CT molecular complexity index is 442. The lowest BCUT2D eigenvalue weighted by molar-refractivity contribution is -0.132. The summed E-state index contributed by atoms with van der Waals surface area (Å²) in [6.45, 7) is 4.22. The molecule has 1 aliphatic heterocycles. The molecule has 1 saturated heterocycles. The first-order valence-electron chi connectivity index (χ1n) is 7.69. The fourth-order valence-electron chi connectivity index (χ4n) is 2.90. The van der Waals surface area contributed by atoms with Crippen LogP contribution in [0.2, 0.25) is 0 Å². The van der Waals surface area contributed by atoms with E-state index in [4.69, 9.17) is 0 Å². The maximum atomic E-state index is 12.3. The molecule has 1 aromatic rings. The Balaban J connectivity index is 0.00000220. The number of carbonyl (C=O) groups is 1. The fraction of sp³-hybridized carbons (Fsp3) is 0.588. The van der Waals surface area contributed by atoms with Gasteiger partial charge in [0.05, 0.1) is 0 Å². The van der Waals surface area contributed by atoms with E-state index in [1.807, 2.05) is 24.1 Å². The monoisotopic (exact) mass is 310 g/mol. The second-order valence-electron chi connectivity index (χ2n) is 5.77. The number of rotatable bonds is 4. The van der Waals surface area contributed by atoms with E-state index in [-0.39, 0.29) is 18.3 Å². The molecule has 0 aliphatic carbocycles. The Morgan fingerprint density at radius 3 is 2.81 bits per heavy atom. The third-order valence-corrected chi connectivity index (χ3v) is 4.36. The van der Waals surface area contributed by atoms with E-state index in [0.29, 0.717) is 12.5 Å². The number of halogens is 1. The van der Waals surface area contributed by atoms with Gasteiger partial charge in [-0.3, -0.25) is 4.79 Å². The minimum absolute atomic E-state index is 0. The molecule has 3 nitrogen and oxygen atoms in total. The van der Waals surface area contributed by atoms with E-state index in [1.165, 1.54) is 17.5 Å². The minimum atomic E-state index is 0. The maximum absolute atomic E-state index is 12.3. The molecule has 1 fully saturated rings. The van der Waals surface area contributed by atoms with Crippen LogP contribution in [-0.4, -0.2) is 37.0 Å². The average Bonchev–Trinajstić information content (AvgIpc) is 2.74. The van der Waals surface area contributed by atoms with Crippen LogP contribution in [0.4, 0.5) is 0 Å². The molecule has 4 heteroatoms. The third kappa shape index (κ3) is 5.33. The van der Waals surface area contributed by atoms with E-state index in [9.17, 15) is 4.79 Å². The summed E-state index contributed by atoms with van der Waals surface area (Å²) in [5.74, 6) is 0.278. The predicted octanol–water partition coefficient (Wildman–Crippen LogP) is 2.95. The highest BCUT2D eigenvalue weighted by molar-refractivity contribution is 5.85. The first-order valence-corrected chi connectivity index (χ1v) is 7.69. The highest BCUT2D eigenvalue weighted by atomic mass is 35.5. The number of carbonyl (C=O) groups excluding carboxylic acids is 1. The van der Waals surface area contributed by atoms with Gasteiger partial charge in [0.1, 0.15) is 0 Å². The van der Waals surface area contributed by atoms with Crippen molar-refractivity contribution < 1.29 is 4.79 Å². The second kappa shape index (κ2) is 9.06. The standard InChI is InChI=1S/C17H26N2O.ClH/c1-14-6-3-4-7-15(14)9-10-17(20)19(2)16-8-5-12-18-13-11-16;/h3-4,6-7,16,18H,5,8-13H2,1-2H3;1H. The predicted molar refractivity (Wildman–Crippen MR) is 90.0 cm³/mol. The van der Waals surface area contributed by atoms with Crippen molar-refractivity contribution in [3.63, 3.8) is 0 Å². The Kier molecular flexibility index (Phi) is 7.76. The van der Waals surface area contributed by atoms with Crippen molar-refractivity contribution in [2.75, 3.05) is 20.1 Å². The van der Waals surface area contributed by atoms with Crippen molar-refractivity contribution in [3.05, 3.63) is 35.4 Å². The zero-order valence-electron chi connectivity index (χ0n) is 13.1. The molecular weight excluding hydrogens is 284 g/mol. The number of nitrogens with zero attached hydrogens (tertiary/aromatic N) is 1. The van der Waals surface area contributed by atoms with E-state index in [2.05, 4.69) is 24.4 Å². The summed E-state index contributed by atoms with van der Waals surface area (Å²) >= 11 is 0. The Morgan fingerprint density at radius 2 is 2.05 bits per heavy atom. The molecule has 0 bridgehead atoms. The van der Waals surface area contributed by atoms with Crippen LogP contribution in [0.1, 0.15) is 36.8 Å². The van der Waals surface area contributed by atoms with Crippen LogP contribution < -0.4 is 5.32 Å². The fourth-order valence-corrected chi connectivity index (χ4v) is 2.90. The number of hydrogen-bond acceptors (Lipinski definition) is 2. The molecule has 1 atom stereocenters. The van der Waals surface area contributed by atoms with Crippen LogP contribution >= 0.6 is 12.4 Å². The van der Waals surface area contributed by atoms with Gasteiger partial charge < -0.3 is 10.2 Å². The van der Waals surface area contributed by atoms with Crippen LogP contribution in [-0.2, 0) is 11.2 Å². The zero-order chi connectivity index (χ0) is 14.4. The Labute approximate surface area is 134 Å². The van der Waals surface area contributed by atoms with Gasteiger partial charge in [0.2, 0.25) is 5.91 Å². The van der Waals surface area contributed by atoms with Crippen LogP contribution in [0, 0.1) is 6.92 Å². The first-order chi connectivity index (χ1) is 9.68. The molecule has 0 radical (unpaired) electrons. The molecule has 1 N–H and O–H groups in total. The summed E-state index contributed by atoms with van der Waals surface area (Å²) in [6.07, 6.45) is 4.83. The van der Waals surface area contributed by atoms with E-state index < -0.39 is 0 Å². The molecule has 1 unspecified atom stereocenters. The summed E-state index contributed by atoms with van der Waals surface area (Å²) in [7, 11) is 1.97. The molecule has 21 heavy (non-hydrogen) atoms. The quantitative estimate of drug-likeness (QED) is 0.927. The van der Waals surface area contributed by atoms with Gasteiger partial charge in [-0.05, 0) is 56.8 Å². The third-order valence-electron chi connectivity index (χ3n) is 4.36. The largest absolute Gasteiger partial charge is 0.343 e. The lowest BCUT2D eigenvalue weighted by atomic mass is 10.0. The van der Waals surface area contributed by atoms with Gasteiger partial charge in [0, 0.05) is 19.5 Å². The van der Waals surface area contributed by atoms with Gasteiger partial charge in [-0.1, -0.05) is 24.3 Å². The molecule has 1 aromatic carbocycles. The van der Waals surface area contributed by atoms with Crippen molar-refractivity contribution in [2.45, 2.75) is 45.1 Å². The lowest BCUT2D eigenvalue weighted by Gasteiger charge is -2.27. The van der Waals surface area contributed by atoms with Crippen molar-refractivity contribution in [2.24, 2.45) is 0 Å². The van der Waals surface area contributed by atoms with Crippen LogP contribution in [0.15, 0.2) is 24.3 Å². The molecule has 1 amide bonds. The maximum Gasteiger partial charge on any atom is 0.222 e. The highest BCUT2D eigenvalue weighted by Crippen LogP contribution is 2.15. The minimum Gasteiger partial charge on any atom is -0.343 e. The molecule has 1 heterocycles. The molecule has 0 aromatic heterocycles. The highest BCUT2D eigenvalue weighted by Gasteiger charge is 2.20. The molecule has 118 valence electrons. The van der Waals surface area contributed by atoms with Crippen LogP contribution in [0.5, 0.6) is 0 Å². The SMILES string of the molecule is Cc1ccccc1CCC(=O)N(C)C1CCCNCC1.Cl. The van der Waals surface area contributed by atoms with Gasteiger partial charge in [0.15, 0.2) is 0 Å². The van der Waals surface area contributed by atoms with Gasteiger partial charge in [-0.2, -0.15) is 0 Å². The van der Waals surface area contributed by atoms with Crippen molar-refractivity contribution in [1.29, 1.82) is 0 Å². The van der Waals surface area contributed by atoms with Crippen LogP contribution in [0.25, 0.3) is 0 Å². The summed E-state index contributed by atoms with van der Waals surface area (Å²) in [5.41, 5.74) is 2.57. The topological polar surface area (TPSA) is 32.3 Å². The average molecular weight is 311 g/mol. The van der Waals surface area contributed by atoms with Gasteiger partial charge >= 0.3 is 0 Å². The van der Waals surface area contributed by atoms with E-state index in [0.717, 1.165) is 32.4 Å². The Morgan fingerprint density at radius 1 is 1.29 bits per heavy atom. The second-order valence-corrected chi connectivity index (χ2v) is 5.77. The first kappa shape index (κ1) is 18.0. The summed E-state index contributed by atoms with van der Waals surface area (Å²) in [5, 5.41) is 3.40. The normalized spacial score (nSPS) is 18.5. The van der Waals surface area contributed by atoms with Crippen LogP contribution in [0.3, 0.4) is 0 Å².